The van der Waals surface area contributed by atoms with Gasteiger partial charge in [0.1, 0.15) is 0 Å². The fourth-order valence-corrected chi connectivity index (χ4v) is 3.71. The predicted octanol–water partition coefficient (Wildman–Crippen LogP) is 2.79. The summed E-state index contributed by atoms with van der Waals surface area (Å²) in [5.74, 6) is 0.397. The van der Waals surface area contributed by atoms with E-state index in [0.29, 0.717) is 12.5 Å². The highest BCUT2D eigenvalue weighted by Gasteiger charge is 2.36. The molecule has 1 aromatic rings. The average Bonchev–Trinajstić information content (AvgIpc) is 2.29. The Bertz CT molecular complexity index is 413. The molecule has 94 valence electrons. The van der Waals surface area contributed by atoms with Crippen LogP contribution in [0.3, 0.4) is 0 Å². The van der Waals surface area contributed by atoms with Gasteiger partial charge in [0.15, 0.2) is 0 Å². The van der Waals surface area contributed by atoms with Gasteiger partial charge in [-0.3, -0.25) is 4.57 Å². The number of hydrogen-bond acceptors (Lipinski definition) is 2. The minimum atomic E-state index is -2.82. The molecule has 1 N–H and O–H groups in total. The van der Waals surface area contributed by atoms with Crippen molar-refractivity contribution in [1.29, 1.82) is 0 Å². The average molecular weight is 253 g/mol. The van der Waals surface area contributed by atoms with E-state index in [0.717, 1.165) is 11.8 Å². The third-order valence-corrected chi connectivity index (χ3v) is 5.41. The highest BCUT2D eigenvalue weighted by Crippen LogP contribution is 2.46. The monoisotopic (exact) mass is 253 g/mol. The van der Waals surface area contributed by atoms with Gasteiger partial charge < -0.3 is 4.52 Å². The van der Waals surface area contributed by atoms with E-state index < -0.39 is 7.52 Å². The molecule has 1 saturated heterocycles. The molecule has 0 saturated carbocycles. The number of nitrogens with one attached hydrogen (secondary N) is 1. The third kappa shape index (κ3) is 2.79. The van der Waals surface area contributed by atoms with Crippen LogP contribution in [0.5, 0.6) is 0 Å². The van der Waals surface area contributed by atoms with Gasteiger partial charge in [0.05, 0.1) is 11.9 Å². The van der Waals surface area contributed by atoms with Gasteiger partial charge in [0.25, 0.3) is 7.52 Å². The van der Waals surface area contributed by atoms with Gasteiger partial charge in [-0.1, -0.05) is 39.0 Å². The van der Waals surface area contributed by atoms with Crippen LogP contribution in [0.1, 0.15) is 20.8 Å². The van der Waals surface area contributed by atoms with Gasteiger partial charge in [-0.25, -0.2) is 5.09 Å². The predicted molar refractivity (Wildman–Crippen MR) is 70.6 cm³/mol. The fraction of sp³-hybridized carbons (Fsp3) is 0.538. The van der Waals surface area contributed by atoms with Crippen molar-refractivity contribution in [3.63, 3.8) is 0 Å². The Labute approximate surface area is 103 Å². The van der Waals surface area contributed by atoms with Crippen LogP contribution in [-0.2, 0) is 9.09 Å². The molecule has 1 heterocycles. The van der Waals surface area contributed by atoms with E-state index in [4.69, 9.17) is 4.52 Å². The first-order valence-corrected chi connectivity index (χ1v) is 7.60. The van der Waals surface area contributed by atoms with Crippen LogP contribution in [-0.4, -0.2) is 13.2 Å². The normalized spacial score (nSPS) is 30.2. The van der Waals surface area contributed by atoms with Crippen LogP contribution in [0.2, 0.25) is 0 Å². The smallest absolute Gasteiger partial charge is 0.299 e. The maximum absolute atomic E-state index is 12.6. The summed E-state index contributed by atoms with van der Waals surface area (Å²) in [5, 5.41) is 3.86. The summed E-state index contributed by atoms with van der Waals surface area (Å²) in [4.78, 5) is 0. The van der Waals surface area contributed by atoms with Crippen molar-refractivity contribution in [3.8, 4) is 0 Å². The molecule has 2 atom stereocenters. The zero-order valence-corrected chi connectivity index (χ0v) is 11.5. The van der Waals surface area contributed by atoms with Gasteiger partial charge in [0, 0.05) is 12.5 Å². The van der Waals surface area contributed by atoms with Gasteiger partial charge in [-0.15, -0.1) is 0 Å². The van der Waals surface area contributed by atoms with Gasteiger partial charge in [0.2, 0.25) is 0 Å². The van der Waals surface area contributed by atoms with Crippen molar-refractivity contribution < 1.29 is 9.09 Å². The number of benzene rings is 1. The molecule has 2 unspecified atom stereocenters. The Kier molecular flexibility index (Phi) is 3.44. The molecule has 0 radical (unpaired) electrons. The van der Waals surface area contributed by atoms with Crippen molar-refractivity contribution in [1.82, 2.24) is 5.09 Å². The highest BCUT2D eigenvalue weighted by atomic mass is 31.2. The molecule has 0 aliphatic carbocycles. The lowest BCUT2D eigenvalue weighted by Gasteiger charge is -2.37. The third-order valence-electron chi connectivity index (χ3n) is 3.32. The summed E-state index contributed by atoms with van der Waals surface area (Å²) >= 11 is 0. The van der Waals surface area contributed by atoms with Crippen molar-refractivity contribution in [3.05, 3.63) is 30.3 Å². The van der Waals surface area contributed by atoms with Crippen molar-refractivity contribution >= 4 is 12.8 Å². The number of rotatable bonds is 1. The largest absolute Gasteiger partial charge is 0.314 e. The quantitative estimate of drug-likeness (QED) is 0.782. The maximum Gasteiger partial charge on any atom is 0.299 e. The SMILES string of the molecule is CC(C)(C)C1CNP(=O)(c2ccccc2)OC1. The summed E-state index contributed by atoms with van der Waals surface area (Å²) in [6.07, 6.45) is 0. The first-order chi connectivity index (χ1) is 7.92. The van der Waals surface area contributed by atoms with Crippen LogP contribution in [0.4, 0.5) is 0 Å². The van der Waals surface area contributed by atoms with E-state index in [-0.39, 0.29) is 5.41 Å². The van der Waals surface area contributed by atoms with E-state index in [1.54, 1.807) is 0 Å². The van der Waals surface area contributed by atoms with Crippen LogP contribution < -0.4 is 10.4 Å². The van der Waals surface area contributed by atoms with E-state index in [2.05, 4.69) is 25.9 Å². The molecular formula is C13H20NO2P. The van der Waals surface area contributed by atoms with Crippen LogP contribution in [0, 0.1) is 11.3 Å². The topological polar surface area (TPSA) is 38.3 Å². The van der Waals surface area contributed by atoms with Crippen LogP contribution in [0.25, 0.3) is 0 Å². The molecule has 1 aliphatic heterocycles. The maximum atomic E-state index is 12.6. The summed E-state index contributed by atoms with van der Waals surface area (Å²) in [6.45, 7) is 7.85. The minimum Gasteiger partial charge on any atom is -0.314 e. The molecule has 0 amide bonds. The molecular weight excluding hydrogens is 233 g/mol. The molecule has 1 aliphatic rings. The second-order valence-corrected chi connectivity index (χ2v) is 7.80. The van der Waals surface area contributed by atoms with Gasteiger partial charge >= 0.3 is 0 Å². The summed E-state index contributed by atoms with van der Waals surface area (Å²) in [5.41, 5.74) is 0.176. The molecule has 1 fully saturated rings. The molecule has 2 rings (SSSR count). The summed E-state index contributed by atoms with van der Waals surface area (Å²) < 4.78 is 18.2. The molecule has 0 spiro atoms. The lowest BCUT2D eigenvalue weighted by Crippen LogP contribution is -2.40. The lowest BCUT2D eigenvalue weighted by molar-refractivity contribution is 0.130. The van der Waals surface area contributed by atoms with Crippen molar-refractivity contribution in [2.45, 2.75) is 20.8 Å². The Balaban J connectivity index is 2.11. The van der Waals surface area contributed by atoms with Gasteiger partial charge in [-0.05, 0) is 17.5 Å². The lowest BCUT2D eigenvalue weighted by atomic mass is 9.81. The standard InChI is InChI=1S/C13H20NO2P/c1-13(2,3)11-9-14-17(15,16-10-11)12-7-5-4-6-8-12/h4-8,11H,9-10H2,1-3H3,(H,14,15). The molecule has 4 heteroatoms. The molecule has 0 aromatic heterocycles. The second-order valence-electron chi connectivity index (χ2n) is 5.61. The van der Waals surface area contributed by atoms with E-state index in [9.17, 15) is 4.57 Å². The summed E-state index contributed by atoms with van der Waals surface area (Å²) in [7, 11) is -2.82. The zero-order valence-electron chi connectivity index (χ0n) is 10.6. The van der Waals surface area contributed by atoms with Crippen LogP contribution in [0.15, 0.2) is 30.3 Å². The van der Waals surface area contributed by atoms with Crippen molar-refractivity contribution in [2.24, 2.45) is 11.3 Å². The van der Waals surface area contributed by atoms with Crippen LogP contribution >= 0.6 is 7.52 Å². The molecule has 0 bridgehead atoms. The Morgan fingerprint density at radius 2 is 1.94 bits per heavy atom. The second kappa shape index (κ2) is 4.56. The van der Waals surface area contributed by atoms with Gasteiger partial charge in [-0.2, -0.15) is 0 Å². The summed E-state index contributed by atoms with van der Waals surface area (Å²) in [6, 6.07) is 9.39. The Morgan fingerprint density at radius 1 is 1.29 bits per heavy atom. The molecule has 17 heavy (non-hydrogen) atoms. The zero-order chi connectivity index (χ0) is 12.5. The Hall–Kier alpha value is -0.630. The van der Waals surface area contributed by atoms with E-state index in [1.807, 2.05) is 30.3 Å². The van der Waals surface area contributed by atoms with E-state index >= 15 is 0 Å². The highest BCUT2D eigenvalue weighted by molar-refractivity contribution is 7.65. The molecule has 1 aromatic carbocycles. The molecule has 3 nitrogen and oxygen atoms in total. The first kappa shape index (κ1) is 12.8. The number of hydrogen-bond donors (Lipinski definition) is 1. The fourth-order valence-electron chi connectivity index (χ4n) is 1.88. The minimum absolute atomic E-state index is 0.176. The first-order valence-electron chi connectivity index (χ1n) is 5.97. The van der Waals surface area contributed by atoms with Crippen molar-refractivity contribution in [2.75, 3.05) is 13.2 Å². The Morgan fingerprint density at radius 3 is 2.41 bits per heavy atom. The van der Waals surface area contributed by atoms with E-state index in [1.165, 1.54) is 0 Å².